The van der Waals surface area contributed by atoms with Gasteiger partial charge in [0.25, 0.3) is 5.91 Å². The molecule has 0 aliphatic carbocycles. The Morgan fingerprint density at radius 1 is 0.952 bits per heavy atom. The van der Waals surface area contributed by atoms with Crippen molar-refractivity contribution < 1.29 is 24.9 Å². The molecule has 2 rings (SSSR count). The van der Waals surface area contributed by atoms with E-state index in [2.05, 4.69) is 21.2 Å². The number of halogens is 1. The smallest absolute Gasteiger partial charge is 0.335 e. The number of phenols is 2. The van der Waals surface area contributed by atoms with Crippen molar-refractivity contribution in [1.29, 1.82) is 0 Å². The number of aromatic carboxylic acids is 1. The largest absolute Gasteiger partial charge is 0.508 e. The minimum absolute atomic E-state index is 0.0710. The molecule has 21 heavy (non-hydrogen) atoms. The fraction of sp³-hybridized carbons (Fsp3) is 0. The van der Waals surface area contributed by atoms with Crippen molar-refractivity contribution in [3.8, 4) is 11.5 Å². The summed E-state index contributed by atoms with van der Waals surface area (Å²) < 4.78 is 0.403. The lowest BCUT2D eigenvalue weighted by molar-refractivity contribution is 0.0696. The van der Waals surface area contributed by atoms with E-state index in [1.165, 1.54) is 30.3 Å². The van der Waals surface area contributed by atoms with Crippen LogP contribution in [0.5, 0.6) is 11.5 Å². The summed E-state index contributed by atoms with van der Waals surface area (Å²) in [7, 11) is 0. The normalized spacial score (nSPS) is 10.1. The molecule has 0 spiro atoms. The second-order valence-corrected chi connectivity index (χ2v) is 5.05. The van der Waals surface area contributed by atoms with Crippen LogP contribution in [0.1, 0.15) is 20.7 Å². The number of nitrogens with one attached hydrogen (secondary N) is 1. The Morgan fingerprint density at radius 3 is 2.10 bits per heavy atom. The van der Waals surface area contributed by atoms with Crippen molar-refractivity contribution in [2.75, 3.05) is 5.32 Å². The number of amides is 1. The first-order valence-corrected chi connectivity index (χ1v) is 6.53. The molecule has 0 atom stereocenters. The van der Waals surface area contributed by atoms with E-state index in [9.17, 15) is 19.8 Å². The zero-order valence-electron chi connectivity index (χ0n) is 10.5. The van der Waals surface area contributed by atoms with Gasteiger partial charge in [0.2, 0.25) is 0 Å². The van der Waals surface area contributed by atoms with Crippen molar-refractivity contribution in [2.24, 2.45) is 0 Å². The quantitative estimate of drug-likeness (QED) is 0.680. The number of aromatic hydroxyl groups is 2. The molecular weight excluding hydrogens is 342 g/mol. The van der Waals surface area contributed by atoms with Crippen LogP contribution in [0.4, 0.5) is 5.69 Å². The van der Waals surface area contributed by atoms with Gasteiger partial charge in [-0.2, -0.15) is 0 Å². The number of hydrogen-bond acceptors (Lipinski definition) is 4. The molecule has 0 bridgehead atoms. The van der Waals surface area contributed by atoms with Gasteiger partial charge in [0, 0.05) is 16.1 Å². The Kier molecular flexibility index (Phi) is 4.13. The predicted octanol–water partition coefficient (Wildman–Crippen LogP) is 2.81. The molecule has 0 fully saturated rings. The Bertz CT molecular complexity index is 709. The van der Waals surface area contributed by atoms with Crippen LogP contribution >= 0.6 is 15.9 Å². The van der Waals surface area contributed by atoms with Crippen molar-refractivity contribution in [2.45, 2.75) is 0 Å². The Labute approximate surface area is 127 Å². The molecule has 0 aliphatic heterocycles. The Balaban J connectivity index is 2.25. The van der Waals surface area contributed by atoms with Crippen LogP contribution in [0.15, 0.2) is 40.9 Å². The van der Waals surface area contributed by atoms with Gasteiger partial charge in [0.05, 0.1) is 11.3 Å². The number of anilines is 1. The maximum atomic E-state index is 12.0. The van der Waals surface area contributed by atoms with Crippen LogP contribution < -0.4 is 5.32 Å². The second kappa shape index (κ2) is 5.84. The van der Waals surface area contributed by atoms with Crippen LogP contribution in [0.2, 0.25) is 0 Å². The van der Waals surface area contributed by atoms with Crippen LogP contribution in [0.3, 0.4) is 0 Å². The van der Waals surface area contributed by atoms with E-state index in [-0.39, 0.29) is 22.6 Å². The number of carbonyl (C=O) groups excluding carboxylic acids is 1. The predicted molar refractivity (Wildman–Crippen MR) is 78.8 cm³/mol. The van der Waals surface area contributed by atoms with Crippen molar-refractivity contribution in [3.05, 3.63) is 52.0 Å². The summed E-state index contributed by atoms with van der Waals surface area (Å²) in [6, 6.07) is 7.66. The van der Waals surface area contributed by atoms with Crippen LogP contribution in [-0.4, -0.2) is 27.2 Å². The van der Waals surface area contributed by atoms with Crippen LogP contribution in [0.25, 0.3) is 0 Å². The number of hydrogen-bond donors (Lipinski definition) is 4. The van der Waals surface area contributed by atoms with Gasteiger partial charge in [-0.05, 0) is 46.3 Å². The molecule has 0 saturated carbocycles. The lowest BCUT2D eigenvalue weighted by Crippen LogP contribution is -2.12. The number of phenolic OH excluding ortho intramolecular Hbond substituents is 2. The number of carbonyl (C=O) groups is 2. The maximum absolute atomic E-state index is 12.0. The van der Waals surface area contributed by atoms with Crippen molar-refractivity contribution >= 4 is 33.5 Å². The fourth-order valence-electron chi connectivity index (χ4n) is 1.67. The molecule has 2 aromatic carbocycles. The molecule has 0 unspecified atom stereocenters. The first kappa shape index (κ1) is 14.9. The average molecular weight is 352 g/mol. The zero-order valence-corrected chi connectivity index (χ0v) is 12.1. The molecule has 0 aliphatic rings. The van der Waals surface area contributed by atoms with Gasteiger partial charge in [-0.25, -0.2) is 4.79 Å². The van der Waals surface area contributed by atoms with Gasteiger partial charge in [0.1, 0.15) is 11.5 Å². The van der Waals surface area contributed by atoms with E-state index in [1.807, 2.05) is 0 Å². The Morgan fingerprint density at radius 2 is 1.57 bits per heavy atom. The summed E-state index contributed by atoms with van der Waals surface area (Å²) >= 11 is 3.17. The van der Waals surface area contributed by atoms with Crippen LogP contribution in [-0.2, 0) is 0 Å². The van der Waals surface area contributed by atoms with Crippen molar-refractivity contribution in [1.82, 2.24) is 0 Å². The highest BCUT2D eigenvalue weighted by molar-refractivity contribution is 9.10. The fourth-order valence-corrected chi connectivity index (χ4v) is 2.15. The summed E-state index contributed by atoms with van der Waals surface area (Å²) in [6.07, 6.45) is 0. The third kappa shape index (κ3) is 3.51. The number of carboxylic acid groups (broad SMARTS) is 1. The first-order valence-electron chi connectivity index (χ1n) is 5.74. The lowest BCUT2D eigenvalue weighted by atomic mass is 10.1. The summed E-state index contributed by atoms with van der Waals surface area (Å²) in [5.74, 6) is -2.10. The van der Waals surface area contributed by atoms with Gasteiger partial charge >= 0.3 is 5.97 Å². The van der Waals surface area contributed by atoms with Gasteiger partial charge < -0.3 is 20.6 Å². The van der Waals surface area contributed by atoms with Crippen molar-refractivity contribution in [3.63, 3.8) is 0 Å². The topological polar surface area (TPSA) is 107 Å². The monoisotopic (exact) mass is 351 g/mol. The van der Waals surface area contributed by atoms with Gasteiger partial charge in [-0.15, -0.1) is 0 Å². The molecule has 7 heteroatoms. The standard InChI is InChI=1S/C14H10BrNO5/c15-11-5-7(14(20)21)1-2-12(11)16-13(19)8-3-9(17)6-10(18)4-8/h1-6,17-18H,(H,16,19)(H,20,21). The van der Waals surface area contributed by atoms with E-state index in [0.29, 0.717) is 10.2 Å². The van der Waals surface area contributed by atoms with Gasteiger partial charge in [-0.1, -0.05) is 0 Å². The molecular formula is C14H10BrNO5. The zero-order chi connectivity index (χ0) is 15.6. The summed E-state index contributed by atoms with van der Waals surface area (Å²) in [5.41, 5.74) is 0.518. The number of rotatable bonds is 3. The molecule has 0 radical (unpaired) electrons. The molecule has 4 N–H and O–H groups in total. The number of benzene rings is 2. The van der Waals surface area contributed by atoms with Gasteiger partial charge in [0.15, 0.2) is 0 Å². The van der Waals surface area contributed by atoms with E-state index in [1.54, 1.807) is 0 Å². The third-order valence-corrected chi connectivity index (χ3v) is 3.29. The minimum atomic E-state index is -1.08. The third-order valence-electron chi connectivity index (χ3n) is 2.63. The molecule has 0 aromatic heterocycles. The summed E-state index contributed by atoms with van der Waals surface area (Å²) in [4.78, 5) is 22.8. The summed E-state index contributed by atoms with van der Waals surface area (Å²) in [5, 5.41) is 30.1. The molecule has 2 aromatic rings. The van der Waals surface area contributed by atoms with Crippen LogP contribution in [0, 0.1) is 0 Å². The first-order chi connectivity index (χ1) is 9.86. The molecule has 0 heterocycles. The van der Waals surface area contributed by atoms with E-state index >= 15 is 0 Å². The van der Waals surface area contributed by atoms with E-state index < -0.39 is 11.9 Å². The maximum Gasteiger partial charge on any atom is 0.335 e. The second-order valence-electron chi connectivity index (χ2n) is 4.19. The van der Waals surface area contributed by atoms with Gasteiger partial charge in [-0.3, -0.25) is 4.79 Å². The number of carboxylic acids is 1. The molecule has 1 amide bonds. The van der Waals surface area contributed by atoms with E-state index in [4.69, 9.17) is 5.11 Å². The highest BCUT2D eigenvalue weighted by Gasteiger charge is 2.12. The highest BCUT2D eigenvalue weighted by atomic mass is 79.9. The highest BCUT2D eigenvalue weighted by Crippen LogP contribution is 2.26. The summed E-state index contributed by atoms with van der Waals surface area (Å²) in [6.45, 7) is 0. The SMILES string of the molecule is O=C(O)c1ccc(NC(=O)c2cc(O)cc(O)c2)c(Br)c1. The average Bonchev–Trinajstić information content (AvgIpc) is 2.39. The molecule has 0 saturated heterocycles. The minimum Gasteiger partial charge on any atom is -0.508 e. The molecule has 6 nitrogen and oxygen atoms in total. The lowest BCUT2D eigenvalue weighted by Gasteiger charge is -2.09. The molecule has 108 valence electrons. The Hall–Kier alpha value is -2.54. The van der Waals surface area contributed by atoms with E-state index in [0.717, 1.165) is 6.07 Å².